The minimum Gasteiger partial charge on any atom is -0.354 e. The zero-order valence-electron chi connectivity index (χ0n) is 17.9. The van der Waals surface area contributed by atoms with Crippen LogP contribution in [0.2, 0.25) is 5.02 Å². The van der Waals surface area contributed by atoms with E-state index < -0.39 is 0 Å². The third-order valence-electron chi connectivity index (χ3n) is 5.60. The monoisotopic (exact) mass is 458 g/mol. The maximum absolute atomic E-state index is 12.6. The Morgan fingerprint density at radius 3 is 2.55 bits per heavy atom. The van der Waals surface area contributed by atoms with Crippen molar-refractivity contribution in [1.82, 2.24) is 15.3 Å². The van der Waals surface area contributed by atoms with E-state index in [2.05, 4.69) is 30.8 Å². The topological polar surface area (TPSA) is 82.2 Å². The molecule has 1 saturated heterocycles. The van der Waals surface area contributed by atoms with Gasteiger partial charge in [-0.05, 0) is 41.8 Å². The third kappa shape index (κ3) is 4.74. The molecule has 8 heteroatoms. The van der Waals surface area contributed by atoms with Crippen molar-refractivity contribution in [3.63, 3.8) is 0 Å². The maximum atomic E-state index is 12.6. The molecule has 0 unspecified atom stereocenters. The number of carbonyl (C=O) groups is 1. The van der Waals surface area contributed by atoms with Crippen molar-refractivity contribution in [2.45, 2.75) is 0 Å². The number of fused-ring (bicyclic) bond motifs is 1. The van der Waals surface area contributed by atoms with Crippen molar-refractivity contribution in [2.75, 3.05) is 41.7 Å². The summed E-state index contributed by atoms with van der Waals surface area (Å²) in [6, 6.07) is 18.8. The molecule has 0 atom stereocenters. The largest absolute Gasteiger partial charge is 0.354 e. The predicted octanol–water partition coefficient (Wildman–Crippen LogP) is 5.00. The number of nitrogens with one attached hydrogen (secondary N) is 3. The SMILES string of the molecule is O=C(Nc1ccc(N2CCNCC2)nc1)Nc1ccc(Cl)c(-c2nccc3ccccc23)c1. The molecule has 2 aromatic heterocycles. The first-order valence-corrected chi connectivity index (χ1v) is 11.2. The van der Waals surface area contributed by atoms with Gasteiger partial charge in [0.05, 0.1) is 22.6 Å². The molecule has 3 N–H and O–H groups in total. The molecule has 2 amide bonds. The highest BCUT2D eigenvalue weighted by Crippen LogP contribution is 2.33. The molecule has 0 bridgehead atoms. The first-order valence-electron chi connectivity index (χ1n) is 10.8. The summed E-state index contributed by atoms with van der Waals surface area (Å²) in [7, 11) is 0. The molecule has 1 aliphatic heterocycles. The molecular weight excluding hydrogens is 436 g/mol. The van der Waals surface area contributed by atoms with Crippen LogP contribution in [0.4, 0.5) is 22.0 Å². The normalized spacial score (nSPS) is 13.7. The van der Waals surface area contributed by atoms with Crippen LogP contribution in [0.25, 0.3) is 22.0 Å². The molecule has 4 aromatic rings. The average Bonchev–Trinajstić information content (AvgIpc) is 2.86. The Morgan fingerprint density at radius 2 is 1.73 bits per heavy atom. The standard InChI is InChI=1S/C25H23ClN6O/c26-22-7-5-18(15-21(22)24-20-4-2-1-3-17(20)9-10-28-24)30-25(33)31-19-6-8-23(29-16-19)32-13-11-27-12-14-32/h1-10,15-16,27H,11-14H2,(H2,30,31,33). The third-order valence-corrected chi connectivity index (χ3v) is 5.93. The summed E-state index contributed by atoms with van der Waals surface area (Å²) in [5.74, 6) is 0.910. The van der Waals surface area contributed by atoms with Crippen LogP contribution < -0.4 is 20.9 Å². The lowest BCUT2D eigenvalue weighted by atomic mass is 10.0. The van der Waals surface area contributed by atoms with E-state index in [-0.39, 0.29) is 6.03 Å². The van der Waals surface area contributed by atoms with Gasteiger partial charge in [-0.1, -0.05) is 35.9 Å². The Hall–Kier alpha value is -3.68. The molecule has 33 heavy (non-hydrogen) atoms. The van der Waals surface area contributed by atoms with Crippen molar-refractivity contribution in [3.05, 3.63) is 78.1 Å². The molecule has 0 aliphatic carbocycles. The van der Waals surface area contributed by atoms with Gasteiger partial charge in [-0.2, -0.15) is 0 Å². The summed E-state index contributed by atoms with van der Waals surface area (Å²) in [6.45, 7) is 3.73. The van der Waals surface area contributed by atoms with Gasteiger partial charge >= 0.3 is 6.03 Å². The summed E-state index contributed by atoms with van der Waals surface area (Å²) < 4.78 is 0. The minimum absolute atomic E-state index is 0.356. The van der Waals surface area contributed by atoms with Crippen LogP contribution in [0.15, 0.2) is 73.1 Å². The van der Waals surface area contributed by atoms with Crippen molar-refractivity contribution in [2.24, 2.45) is 0 Å². The number of benzene rings is 2. The molecule has 166 valence electrons. The lowest BCUT2D eigenvalue weighted by Crippen LogP contribution is -2.43. The molecule has 2 aromatic carbocycles. The Bertz CT molecular complexity index is 1280. The fourth-order valence-corrected chi connectivity index (χ4v) is 4.16. The van der Waals surface area contributed by atoms with E-state index in [1.807, 2.05) is 48.5 Å². The zero-order valence-corrected chi connectivity index (χ0v) is 18.6. The first-order chi connectivity index (χ1) is 16.2. The van der Waals surface area contributed by atoms with Gasteiger partial charge in [0.15, 0.2) is 0 Å². The van der Waals surface area contributed by atoms with Gasteiger partial charge in [-0.15, -0.1) is 0 Å². The van der Waals surface area contributed by atoms with Crippen LogP contribution >= 0.6 is 11.6 Å². The molecular formula is C25H23ClN6O. The number of hydrogen-bond acceptors (Lipinski definition) is 5. The highest BCUT2D eigenvalue weighted by atomic mass is 35.5. The van der Waals surface area contributed by atoms with Crippen molar-refractivity contribution in [3.8, 4) is 11.3 Å². The second-order valence-electron chi connectivity index (χ2n) is 7.80. The van der Waals surface area contributed by atoms with E-state index in [4.69, 9.17) is 11.6 Å². The van der Waals surface area contributed by atoms with Gasteiger partial charge in [0, 0.05) is 49.0 Å². The average molecular weight is 459 g/mol. The number of nitrogens with zero attached hydrogens (tertiary/aromatic N) is 3. The van der Waals surface area contributed by atoms with Crippen LogP contribution in [-0.4, -0.2) is 42.2 Å². The number of pyridine rings is 2. The number of amides is 2. The van der Waals surface area contributed by atoms with Crippen molar-refractivity contribution >= 4 is 45.6 Å². The van der Waals surface area contributed by atoms with Gasteiger partial charge in [-0.3, -0.25) is 4.98 Å². The Balaban J connectivity index is 1.31. The summed E-state index contributed by atoms with van der Waals surface area (Å²) in [4.78, 5) is 23.8. The predicted molar refractivity (Wildman–Crippen MR) is 134 cm³/mol. The Morgan fingerprint density at radius 1 is 0.939 bits per heavy atom. The summed E-state index contributed by atoms with van der Waals surface area (Å²) in [5, 5.41) is 11.7. The van der Waals surface area contributed by atoms with E-state index in [0.717, 1.165) is 54.0 Å². The highest BCUT2D eigenvalue weighted by molar-refractivity contribution is 6.33. The molecule has 1 fully saturated rings. The molecule has 0 saturated carbocycles. The summed E-state index contributed by atoms with van der Waals surface area (Å²) >= 11 is 6.49. The van der Waals surface area contributed by atoms with E-state index in [0.29, 0.717) is 16.4 Å². The van der Waals surface area contributed by atoms with E-state index in [9.17, 15) is 4.79 Å². The molecule has 1 aliphatic rings. The van der Waals surface area contributed by atoms with E-state index in [1.165, 1.54) is 0 Å². The molecule has 5 rings (SSSR count). The Labute approximate surface area is 196 Å². The second-order valence-corrected chi connectivity index (χ2v) is 8.20. The van der Waals surface area contributed by atoms with Crippen molar-refractivity contribution in [1.29, 1.82) is 0 Å². The van der Waals surface area contributed by atoms with E-state index in [1.54, 1.807) is 24.5 Å². The molecule has 3 heterocycles. The lowest BCUT2D eigenvalue weighted by Gasteiger charge is -2.28. The first kappa shape index (κ1) is 21.2. The molecule has 0 radical (unpaired) electrons. The number of halogens is 1. The summed E-state index contributed by atoms with van der Waals surface area (Å²) in [6.07, 6.45) is 3.43. The minimum atomic E-state index is -0.356. The number of rotatable bonds is 4. The number of aromatic nitrogens is 2. The maximum Gasteiger partial charge on any atom is 0.323 e. The fraction of sp³-hybridized carbons (Fsp3) is 0.160. The fourth-order valence-electron chi connectivity index (χ4n) is 3.95. The van der Waals surface area contributed by atoms with Gasteiger partial charge in [0.25, 0.3) is 0 Å². The zero-order chi connectivity index (χ0) is 22.6. The number of urea groups is 1. The highest BCUT2D eigenvalue weighted by Gasteiger charge is 2.13. The van der Waals surface area contributed by atoms with Crippen LogP contribution in [0.3, 0.4) is 0 Å². The van der Waals surface area contributed by atoms with Gasteiger partial charge in [-0.25, -0.2) is 9.78 Å². The van der Waals surface area contributed by atoms with Crippen LogP contribution in [-0.2, 0) is 0 Å². The number of piperazine rings is 1. The number of anilines is 3. The smallest absolute Gasteiger partial charge is 0.323 e. The van der Waals surface area contributed by atoms with Gasteiger partial charge in [0.1, 0.15) is 5.82 Å². The molecule has 7 nitrogen and oxygen atoms in total. The molecule has 0 spiro atoms. The lowest BCUT2D eigenvalue weighted by molar-refractivity contribution is 0.262. The quantitative estimate of drug-likeness (QED) is 0.400. The number of hydrogen-bond donors (Lipinski definition) is 3. The van der Waals surface area contributed by atoms with Crippen LogP contribution in [0.5, 0.6) is 0 Å². The van der Waals surface area contributed by atoms with E-state index >= 15 is 0 Å². The second kappa shape index (κ2) is 9.44. The summed E-state index contributed by atoms with van der Waals surface area (Å²) in [5.41, 5.74) is 2.77. The Kier molecular flexibility index (Phi) is 6.06. The van der Waals surface area contributed by atoms with Gasteiger partial charge in [0.2, 0.25) is 0 Å². The van der Waals surface area contributed by atoms with Crippen LogP contribution in [0, 0.1) is 0 Å². The van der Waals surface area contributed by atoms with Crippen molar-refractivity contribution < 1.29 is 4.79 Å². The number of carbonyl (C=O) groups excluding carboxylic acids is 1. The van der Waals surface area contributed by atoms with Crippen LogP contribution in [0.1, 0.15) is 0 Å². The van der Waals surface area contributed by atoms with Gasteiger partial charge < -0.3 is 20.9 Å².